The van der Waals surface area contributed by atoms with Gasteiger partial charge in [0.25, 0.3) is 0 Å². The molecule has 1 heterocycles. The zero-order chi connectivity index (χ0) is 12.8. The van der Waals surface area contributed by atoms with Gasteiger partial charge < -0.3 is 4.74 Å². The number of piperidine rings is 1. The SMILES string of the molecule is ClCCOC1CCN(Cc2ccc(I)cc2)CC1. The van der Waals surface area contributed by atoms with Gasteiger partial charge in [-0.05, 0) is 53.1 Å². The van der Waals surface area contributed by atoms with Gasteiger partial charge in [0.05, 0.1) is 12.7 Å². The lowest BCUT2D eigenvalue weighted by atomic mass is 10.1. The van der Waals surface area contributed by atoms with Crippen molar-refractivity contribution in [1.29, 1.82) is 0 Å². The molecule has 0 radical (unpaired) electrons. The van der Waals surface area contributed by atoms with Crippen molar-refractivity contribution in [3.05, 3.63) is 33.4 Å². The van der Waals surface area contributed by atoms with Gasteiger partial charge in [-0.2, -0.15) is 0 Å². The topological polar surface area (TPSA) is 12.5 Å². The smallest absolute Gasteiger partial charge is 0.0605 e. The van der Waals surface area contributed by atoms with Gasteiger partial charge in [0.1, 0.15) is 0 Å². The number of ether oxygens (including phenoxy) is 1. The number of hydrogen-bond acceptors (Lipinski definition) is 2. The third-order valence-corrected chi connectivity index (χ3v) is 4.16. The van der Waals surface area contributed by atoms with Crippen LogP contribution in [-0.4, -0.2) is 36.6 Å². The summed E-state index contributed by atoms with van der Waals surface area (Å²) >= 11 is 7.98. The van der Waals surface area contributed by atoms with Gasteiger partial charge in [-0.25, -0.2) is 0 Å². The molecule has 1 aliphatic heterocycles. The summed E-state index contributed by atoms with van der Waals surface area (Å²) in [5.41, 5.74) is 1.40. The highest BCUT2D eigenvalue weighted by Crippen LogP contribution is 2.17. The molecule has 0 atom stereocenters. The molecule has 1 aromatic carbocycles. The minimum absolute atomic E-state index is 0.414. The molecule has 1 aliphatic rings. The summed E-state index contributed by atoms with van der Waals surface area (Å²) in [5.74, 6) is 0.600. The van der Waals surface area contributed by atoms with E-state index in [1.54, 1.807) is 0 Å². The fraction of sp³-hybridized carbons (Fsp3) is 0.571. The number of benzene rings is 1. The Kier molecular flexibility index (Phi) is 6.21. The predicted octanol–water partition coefficient (Wildman–Crippen LogP) is 3.51. The monoisotopic (exact) mass is 379 g/mol. The number of likely N-dealkylation sites (tertiary alicyclic amines) is 1. The average molecular weight is 380 g/mol. The Balaban J connectivity index is 1.74. The fourth-order valence-corrected chi connectivity index (χ4v) is 2.74. The fourth-order valence-electron chi connectivity index (χ4n) is 2.29. The summed E-state index contributed by atoms with van der Waals surface area (Å²) in [6.07, 6.45) is 2.67. The third kappa shape index (κ3) is 4.68. The first-order chi connectivity index (χ1) is 8.78. The molecular formula is C14H19ClINO. The van der Waals surface area contributed by atoms with Crippen molar-refractivity contribution in [2.45, 2.75) is 25.5 Å². The highest BCUT2D eigenvalue weighted by Gasteiger charge is 2.19. The average Bonchev–Trinajstić information content (AvgIpc) is 2.41. The van der Waals surface area contributed by atoms with Gasteiger partial charge >= 0.3 is 0 Å². The highest BCUT2D eigenvalue weighted by molar-refractivity contribution is 14.1. The molecule has 0 unspecified atom stereocenters. The summed E-state index contributed by atoms with van der Waals surface area (Å²) < 4.78 is 6.98. The number of rotatable bonds is 5. The molecule has 4 heteroatoms. The van der Waals surface area contributed by atoms with Gasteiger partial charge in [0.2, 0.25) is 0 Å². The number of alkyl halides is 1. The quantitative estimate of drug-likeness (QED) is 0.573. The van der Waals surface area contributed by atoms with Crippen LogP contribution in [0.15, 0.2) is 24.3 Å². The molecule has 1 fully saturated rings. The maximum absolute atomic E-state index is 5.69. The Bertz CT molecular complexity index is 349. The first-order valence-electron chi connectivity index (χ1n) is 6.42. The molecule has 0 N–H and O–H groups in total. The molecule has 0 aromatic heterocycles. The largest absolute Gasteiger partial charge is 0.377 e. The van der Waals surface area contributed by atoms with Crippen LogP contribution < -0.4 is 0 Å². The molecule has 0 saturated carbocycles. The van der Waals surface area contributed by atoms with Gasteiger partial charge in [-0.15, -0.1) is 11.6 Å². The molecule has 0 bridgehead atoms. The molecule has 0 spiro atoms. The zero-order valence-electron chi connectivity index (χ0n) is 10.4. The van der Waals surface area contributed by atoms with Crippen molar-refractivity contribution >= 4 is 34.2 Å². The molecule has 0 aliphatic carbocycles. The second kappa shape index (κ2) is 7.68. The Morgan fingerprint density at radius 1 is 1.22 bits per heavy atom. The zero-order valence-corrected chi connectivity index (χ0v) is 13.4. The summed E-state index contributed by atoms with van der Waals surface area (Å²) in [6.45, 7) is 3.99. The second-order valence-corrected chi connectivity index (χ2v) is 6.29. The van der Waals surface area contributed by atoms with Crippen molar-refractivity contribution < 1.29 is 4.74 Å². The van der Waals surface area contributed by atoms with Crippen LogP contribution in [0.1, 0.15) is 18.4 Å². The number of nitrogens with zero attached hydrogens (tertiary/aromatic N) is 1. The van der Waals surface area contributed by atoms with Gasteiger partial charge in [-0.1, -0.05) is 12.1 Å². The van der Waals surface area contributed by atoms with E-state index in [2.05, 4.69) is 51.8 Å². The molecule has 0 amide bonds. The van der Waals surface area contributed by atoms with E-state index < -0.39 is 0 Å². The summed E-state index contributed by atoms with van der Waals surface area (Å²) in [4.78, 5) is 2.50. The van der Waals surface area contributed by atoms with Crippen molar-refractivity contribution in [1.82, 2.24) is 4.90 Å². The van der Waals surface area contributed by atoms with Crippen LogP contribution in [0.4, 0.5) is 0 Å². The maximum atomic E-state index is 5.69. The van der Waals surface area contributed by atoms with Crippen molar-refractivity contribution in [2.24, 2.45) is 0 Å². The lowest BCUT2D eigenvalue weighted by Crippen LogP contribution is -2.36. The molecule has 18 heavy (non-hydrogen) atoms. The standard InChI is InChI=1S/C14H19ClINO/c15-7-10-18-14-5-8-17(9-6-14)11-12-1-3-13(16)4-2-12/h1-4,14H,5-11H2. The van der Waals surface area contributed by atoms with Crippen LogP contribution in [0.2, 0.25) is 0 Å². The van der Waals surface area contributed by atoms with Crippen LogP contribution in [0.3, 0.4) is 0 Å². The molecular weight excluding hydrogens is 361 g/mol. The van der Waals surface area contributed by atoms with E-state index in [0.29, 0.717) is 18.6 Å². The summed E-state index contributed by atoms with van der Waals surface area (Å²) in [6, 6.07) is 8.79. The molecule has 100 valence electrons. The van der Waals surface area contributed by atoms with Crippen molar-refractivity contribution in [3.63, 3.8) is 0 Å². The van der Waals surface area contributed by atoms with Crippen LogP contribution >= 0.6 is 34.2 Å². The van der Waals surface area contributed by atoms with E-state index in [1.807, 2.05) is 0 Å². The van der Waals surface area contributed by atoms with E-state index in [1.165, 1.54) is 9.13 Å². The number of halogens is 2. The van der Waals surface area contributed by atoms with E-state index >= 15 is 0 Å². The normalized spacial score (nSPS) is 18.1. The van der Waals surface area contributed by atoms with E-state index in [4.69, 9.17) is 16.3 Å². The van der Waals surface area contributed by atoms with E-state index in [0.717, 1.165) is 32.5 Å². The Morgan fingerprint density at radius 3 is 2.50 bits per heavy atom. The van der Waals surface area contributed by atoms with Crippen LogP contribution in [-0.2, 0) is 11.3 Å². The third-order valence-electron chi connectivity index (χ3n) is 3.28. The van der Waals surface area contributed by atoms with Gasteiger partial charge in [0.15, 0.2) is 0 Å². The minimum atomic E-state index is 0.414. The minimum Gasteiger partial charge on any atom is -0.377 e. The predicted molar refractivity (Wildman–Crippen MR) is 84.1 cm³/mol. The Morgan fingerprint density at radius 2 is 1.89 bits per heavy atom. The summed E-state index contributed by atoms with van der Waals surface area (Å²) in [5, 5.41) is 0. The first-order valence-corrected chi connectivity index (χ1v) is 8.03. The molecule has 2 nitrogen and oxygen atoms in total. The van der Waals surface area contributed by atoms with Gasteiger partial charge in [-0.3, -0.25) is 4.90 Å². The van der Waals surface area contributed by atoms with Crippen LogP contribution in [0.5, 0.6) is 0 Å². The lowest BCUT2D eigenvalue weighted by Gasteiger charge is -2.31. The van der Waals surface area contributed by atoms with Crippen molar-refractivity contribution in [2.75, 3.05) is 25.6 Å². The van der Waals surface area contributed by atoms with Crippen LogP contribution in [0.25, 0.3) is 0 Å². The number of hydrogen-bond donors (Lipinski definition) is 0. The second-order valence-electron chi connectivity index (χ2n) is 4.66. The molecule has 2 rings (SSSR count). The van der Waals surface area contributed by atoms with E-state index in [9.17, 15) is 0 Å². The van der Waals surface area contributed by atoms with Crippen LogP contribution in [0, 0.1) is 3.57 Å². The van der Waals surface area contributed by atoms with Crippen molar-refractivity contribution in [3.8, 4) is 0 Å². The summed E-state index contributed by atoms with van der Waals surface area (Å²) in [7, 11) is 0. The lowest BCUT2D eigenvalue weighted by molar-refractivity contribution is 0.0134. The highest BCUT2D eigenvalue weighted by atomic mass is 127. The molecule has 1 saturated heterocycles. The maximum Gasteiger partial charge on any atom is 0.0605 e. The van der Waals surface area contributed by atoms with E-state index in [-0.39, 0.29) is 0 Å². The Labute approximate surface area is 128 Å². The Hall–Kier alpha value is 0.160. The van der Waals surface area contributed by atoms with Gasteiger partial charge in [0, 0.05) is 29.1 Å². The first kappa shape index (κ1) is 14.6. The molecule has 1 aromatic rings.